The molecular formula is C28H28N2O2. The lowest BCUT2D eigenvalue weighted by Crippen LogP contribution is -2.48. The average molecular weight is 425 g/mol. The smallest absolute Gasteiger partial charge is 0.231 e. The molecule has 0 aromatic heterocycles. The summed E-state index contributed by atoms with van der Waals surface area (Å²) in [5.41, 5.74) is 3.91. The molecule has 0 radical (unpaired) electrons. The lowest BCUT2D eigenvalue weighted by atomic mass is 9.89. The molecule has 0 spiro atoms. The van der Waals surface area contributed by atoms with E-state index in [9.17, 15) is 9.59 Å². The molecule has 3 aromatic carbocycles. The molecule has 32 heavy (non-hydrogen) atoms. The molecule has 0 saturated heterocycles. The minimum absolute atomic E-state index is 0.00988. The van der Waals surface area contributed by atoms with E-state index in [1.54, 1.807) is 0 Å². The summed E-state index contributed by atoms with van der Waals surface area (Å²) in [7, 11) is 0. The highest BCUT2D eigenvalue weighted by molar-refractivity contribution is 6.00. The van der Waals surface area contributed by atoms with Crippen molar-refractivity contribution in [2.75, 3.05) is 9.80 Å². The van der Waals surface area contributed by atoms with Crippen LogP contribution >= 0.6 is 0 Å². The van der Waals surface area contributed by atoms with Gasteiger partial charge in [-0.25, -0.2) is 0 Å². The third-order valence-corrected chi connectivity index (χ3v) is 6.54. The van der Waals surface area contributed by atoms with Crippen LogP contribution in [-0.2, 0) is 16.0 Å². The molecule has 0 N–H and O–H groups in total. The highest BCUT2D eigenvalue weighted by atomic mass is 16.2. The molecule has 4 heteroatoms. The van der Waals surface area contributed by atoms with E-state index in [-0.39, 0.29) is 29.8 Å². The first-order chi connectivity index (χ1) is 15.6. The van der Waals surface area contributed by atoms with Crippen molar-refractivity contribution in [2.45, 2.75) is 44.7 Å². The van der Waals surface area contributed by atoms with Gasteiger partial charge in [0.1, 0.15) is 0 Å². The summed E-state index contributed by atoms with van der Waals surface area (Å²) < 4.78 is 0. The van der Waals surface area contributed by atoms with Crippen molar-refractivity contribution in [3.8, 4) is 0 Å². The molecule has 3 aromatic rings. The van der Waals surface area contributed by atoms with Gasteiger partial charge < -0.3 is 9.80 Å². The fourth-order valence-electron chi connectivity index (χ4n) is 4.84. The molecule has 0 bridgehead atoms. The van der Waals surface area contributed by atoms with Crippen LogP contribution in [0, 0.1) is 5.92 Å². The summed E-state index contributed by atoms with van der Waals surface area (Å²) in [6.07, 6.45) is 3.01. The fourth-order valence-corrected chi connectivity index (χ4v) is 4.84. The molecule has 2 atom stereocenters. The first kappa shape index (κ1) is 20.5. The molecule has 1 heterocycles. The normalized spacial score (nSPS) is 19.8. The van der Waals surface area contributed by atoms with Gasteiger partial charge in [-0.3, -0.25) is 9.59 Å². The first-order valence-electron chi connectivity index (χ1n) is 11.5. The molecule has 2 unspecified atom stereocenters. The number of hydrogen-bond donors (Lipinski definition) is 0. The Morgan fingerprint density at radius 3 is 2.19 bits per heavy atom. The van der Waals surface area contributed by atoms with Crippen molar-refractivity contribution in [1.29, 1.82) is 0 Å². The van der Waals surface area contributed by atoms with Crippen molar-refractivity contribution in [3.05, 3.63) is 96.1 Å². The van der Waals surface area contributed by atoms with Crippen LogP contribution < -0.4 is 9.80 Å². The van der Waals surface area contributed by atoms with Crippen LogP contribution in [0.1, 0.15) is 43.4 Å². The molecule has 2 aliphatic rings. The van der Waals surface area contributed by atoms with E-state index in [2.05, 4.69) is 13.0 Å². The van der Waals surface area contributed by atoms with Gasteiger partial charge in [-0.05, 0) is 55.5 Å². The van der Waals surface area contributed by atoms with E-state index < -0.39 is 0 Å². The maximum atomic E-state index is 13.4. The SMILES string of the molecule is CC1CC(N(C(=O)C2CC2)c2ccccc2)c2ccccc2N1C(=O)Cc1ccccc1. The fraction of sp³-hybridized carbons (Fsp3) is 0.286. The summed E-state index contributed by atoms with van der Waals surface area (Å²) in [4.78, 5) is 30.7. The van der Waals surface area contributed by atoms with Gasteiger partial charge in [0.15, 0.2) is 0 Å². The third kappa shape index (κ3) is 3.93. The maximum Gasteiger partial charge on any atom is 0.231 e. The Hall–Kier alpha value is -3.40. The lowest BCUT2D eigenvalue weighted by molar-refractivity contribution is -0.120. The summed E-state index contributed by atoms with van der Waals surface area (Å²) in [5.74, 6) is 0.414. The zero-order chi connectivity index (χ0) is 22.1. The van der Waals surface area contributed by atoms with Crippen molar-refractivity contribution in [2.24, 2.45) is 5.92 Å². The zero-order valence-corrected chi connectivity index (χ0v) is 18.4. The highest BCUT2D eigenvalue weighted by Gasteiger charge is 2.42. The topological polar surface area (TPSA) is 40.6 Å². The Balaban J connectivity index is 1.52. The molecule has 162 valence electrons. The van der Waals surface area contributed by atoms with Crippen LogP contribution in [0.25, 0.3) is 0 Å². The van der Waals surface area contributed by atoms with Gasteiger partial charge in [-0.15, -0.1) is 0 Å². The van der Waals surface area contributed by atoms with E-state index in [1.165, 1.54) is 0 Å². The molecule has 2 amide bonds. The second kappa shape index (κ2) is 8.62. The van der Waals surface area contributed by atoms with Crippen LogP contribution in [0.4, 0.5) is 11.4 Å². The van der Waals surface area contributed by atoms with Crippen molar-refractivity contribution in [1.82, 2.24) is 0 Å². The van der Waals surface area contributed by atoms with E-state index >= 15 is 0 Å². The monoisotopic (exact) mass is 424 g/mol. The van der Waals surface area contributed by atoms with Gasteiger partial charge in [0.2, 0.25) is 11.8 Å². The maximum absolute atomic E-state index is 13.4. The number of benzene rings is 3. The predicted molar refractivity (Wildman–Crippen MR) is 128 cm³/mol. The van der Waals surface area contributed by atoms with Gasteiger partial charge in [-0.2, -0.15) is 0 Å². The molecule has 5 rings (SSSR count). The number of hydrogen-bond acceptors (Lipinski definition) is 2. The van der Waals surface area contributed by atoms with E-state index in [0.29, 0.717) is 12.8 Å². The number of fused-ring (bicyclic) bond motifs is 1. The van der Waals surface area contributed by atoms with Gasteiger partial charge in [-0.1, -0.05) is 66.7 Å². The first-order valence-corrected chi connectivity index (χ1v) is 11.5. The van der Waals surface area contributed by atoms with E-state index in [1.807, 2.05) is 88.7 Å². The van der Waals surface area contributed by atoms with Crippen molar-refractivity contribution < 1.29 is 9.59 Å². The van der Waals surface area contributed by atoms with Crippen LogP contribution in [0.3, 0.4) is 0 Å². The Kier molecular flexibility index (Phi) is 5.52. The largest absolute Gasteiger partial charge is 0.309 e. The summed E-state index contributed by atoms with van der Waals surface area (Å²) in [6, 6.07) is 27.8. The Bertz CT molecular complexity index is 1110. The minimum Gasteiger partial charge on any atom is -0.309 e. The van der Waals surface area contributed by atoms with Crippen molar-refractivity contribution >= 4 is 23.2 Å². The number of amides is 2. The number of para-hydroxylation sites is 2. The number of nitrogens with zero attached hydrogens (tertiary/aromatic N) is 2. The van der Waals surface area contributed by atoms with Crippen LogP contribution in [0.5, 0.6) is 0 Å². The predicted octanol–water partition coefficient (Wildman–Crippen LogP) is 5.54. The minimum atomic E-state index is -0.0857. The number of carbonyl (C=O) groups excluding carboxylic acids is 2. The van der Waals surface area contributed by atoms with Gasteiger partial charge in [0, 0.05) is 23.3 Å². The van der Waals surface area contributed by atoms with E-state index in [0.717, 1.165) is 35.3 Å². The zero-order valence-electron chi connectivity index (χ0n) is 18.4. The molecule has 1 aliphatic carbocycles. The van der Waals surface area contributed by atoms with Crippen LogP contribution in [0.2, 0.25) is 0 Å². The van der Waals surface area contributed by atoms with Crippen molar-refractivity contribution in [3.63, 3.8) is 0 Å². The summed E-state index contributed by atoms with van der Waals surface area (Å²) >= 11 is 0. The second-order valence-electron chi connectivity index (χ2n) is 8.90. The molecule has 4 nitrogen and oxygen atoms in total. The van der Waals surface area contributed by atoms with Gasteiger partial charge in [0.25, 0.3) is 0 Å². The van der Waals surface area contributed by atoms with Gasteiger partial charge >= 0.3 is 0 Å². The average Bonchev–Trinajstić information content (AvgIpc) is 3.66. The molecule has 1 aliphatic heterocycles. The third-order valence-electron chi connectivity index (χ3n) is 6.54. The Morgan fingerprint density at radius 1 is 0.875 bits per heavy atom. The highest BCUT2D eigenvalue weighted by Crippen LogP contribution is 2.44. The van der Waals surface area contributed by atoms with Gasteiger partial charge in [0.05, 0.1) is 12.5 Å². The Morgan fingerprint density at radius 2 is 1.50 bits per heavy atom. The van der Waals surface area contributed by atoms with E-state index in [4.69, 9.17) is 0 Å². The number of carbonyl (C=O) groups is 2. The van der Waals surface area contributed by atoms with Crippen LogP contribution in [0.15, 0.2) is 84.9 Å². The molecule has 1 saturated carbocycles. The quantitative estimate of drug-likeness (QED) is 0.540. The molecule has 1 fully saturated rings. The lowest BCUT2D eigenvalue weighted by Gasteiger charge is -2.43. The number of rotatable bonds is 5. The second-order valence-corrected chi connectivity index (χ2v) is 8.90. The molecular weight excluding hydrogens is 396 g/mol. The Labute approximate surface area is 189 Å². The van der Waals surface area contributed by atoms with Crippen LogP contribution in [-0.4, -0.2) is 17.9 Å². The standard InChI is InChI=1S/C28H28N2O2/c1-20-18-26(30(28(32)22-16-17-22)23-12-6-3-7-13-23)24-14-8-9-15-25(24)29(20)27(31)19-21-10-4-2-5-11-21/h2-15,20,22,26H,16-19H2,1H3. The summed E-state index contributed by atoms with van der Waals surface area (Å²) in [6.45, 7) is 2.09. The summed E-state index contributed by atoms with van der Waals surface area (Å²) in [5, 5.41) is 0. The number of anilines is 2.